The predicted octanol–water partition coefficient (Wildman–Crippen LogP) is 5.09. The molecule has 2 heterocycles. The van der Waals surface area contributed by atoms with Crippen LogP contribution in [-0.2, 0) is 9.59 Å². The van der Waals surface area contributed by atoms with Gasteiger partial charge in [0.1, 0.15) is 0 Å². The smallest absolute Gasteiger partial charge is 0.267 e. The number of hydrogen-bond acceptors (Lipinski definition) is 4. The average molecular weight is 426 g/mol. The molecule has 0 N–H and O–H groups in total. The van der Waals surface area contributed by atoms with Gasteiger partial charge in [0.15, 0.2) is 5.17 Å². The Morgan fingerprint density at radius 3 is 2.48 bits per heavy atom. The fourth-order valence-corrected chi connectivity index (χ4v) is 4.57. The van der Waals surface area contributed by atoms with Crippen molar-refractivity contribution in [3.8, 4) is 0 Å². The number of rotatable bonds is 4. The van der Waals surface area contributed by atoms with Gasteiger partial charge < -0.3 is 4.90 Å². The summed E-state index contributed by atoms with van der Waals surface area (Å²) in [5.74, 6) is -0.324. The summed E-state index contributed by atoms with van der Waals surface area (Å²) >= 11 is 7.18. The molecule has 0 aromatic heterocycles. The maximum atomic E-state index is 13.2. The molecule has 0 bridgehead atoms. The Morgan fingerprint density at radius 2 is 1.76 bits per heavy atom. The van der Waals surface area contributed by atoms with E-state index in [1.165, 1.54) is 16.7 Å². The lowest BCUT2D eigenvalue weighted by Gasteiger charge is -2.16. The fourth-order valence-electron chi connectivity index (χ4n) is 3.36. The predicted molar refractivity (Wildman–Crippen MR) is 120 cm³/mol. The highest BCUT2D eigenvalue weighted by atomic mass is 35.5. The number of nitrogens with zero attached hydrogens (tertiary/aromatic N) is 3. The Bertz CT molecular complexity index is 1050. The number of likely N-dealkylation sites (N-methyl/N-ethyl adjacent to an activating group) is 1. The zero-order valence-corrected chi connectivity index (χ0v) is 17.8. The topological polar surface area (TPSA) is 53.0 Å². The van der Waals surface area contributed by atoms with Gasteiger partial charge in [-0.2, -0.15) is 0 Å². The van der Waals surface area contributed by atoms with Crippen LogP contribution < -0.4 is 4.90 Å². The van der Waals surface area contributed by atoms with E-state index >= 15 is 0 Å². The minimum Gasteiger partial charge on any atom is -0.308 e. The largest absolute Gasteiger partial charge is 0.308 e. The van der Waals surface area contributed by atoms with Crippen LogP contribution in [0, 0.1) is 0 Å². The molecule has 0 spiro atoms. The van der Waals surface area contributed by atoms with E-state index in [4.69, 9.17) is 11.6 Å². The number of unbranched alkanes of at least 4 members (excludes halogenated alkanes) is 1. The number of carbonyl (C=O) groups is 2. The molecule has 2 aromatic rings. The molecule has 0 radical (unpaired) electrons. The minimum absolute atomic E-state index is 0.114. The van der Waals surface area contributed by atoms with Gasteiger partial charge in [-0.3, -0.25) is 14.5 Å². The van der Waals surface area contributed by atoms with E-state index in [9.17, 15) is 9.59 Å². The third kappa shape index (κ3) is 3.58. The molecule has 2 aliphatic heterocycles. The molecule has 29 heavy (non-hydrogen) atoms. The van der Waals surface area contributed by atoms with Gasteiger partial charge in [-0.25, -0.2) is 4.99 Å². The van der Waals surface area contributed by atoms with Crippen molar-refractivity contribution in [2.24, 2.45) is 4.99 Å². The Hall–Kier alpha value is -2.57. The second kappa shape index (κ2) is 8.05. The van der Waals surface area contributed by atoms with Crippen molar-refractivity contribution >= 4 is 57.3 Å². The molecule has 0 atom stereocenters. The number of aliphatic imine (C=N–C) groups is 1. The molecule has 2 aromatic carbocycles. The molecular weight excluding hydrogens is 406 g/mol. The van der Waals surface area contributed by atoms with Crippen LogP contribution in [0.1, 0.15) is 25.3 Å². The normalized spacial score (nSPS) is 20.2. The lowest BCUT2D eigenvalue weighted by atomic mass is 10.1. The van der Waals surface area contributed by atoms with Crippen molar-refractivity contribution in [3.63, 3.8) is 0 Å². The monoisotopic (exact) mass is 425 g/mol. The second-order valence-electron chi connectivity index (χ2n) is 6.87. The SMILES string of the molecule is CCCCN1C(=O)/C(=C2\SC(=Nc3ccc(Cl)cc3)N(C)C2=O)c2ccccc21. The van der Waals surface area contributed by atoms with Gasteiger partial charge in [0.05, 0.1) is 21.9 Å². The van der Waals surface area contributed by atoms with Crippen molar-refractivity contribution in [2.75, 3.05) is 18.5 Å². The van der Waals surface area contributed by atoms with Crippen LogP contribution in [0.15, 0.2) is 58.4 Å². The first-order valence-corrected chi connectivity index (χ1v) is 10.7. The molecule has 1 saturated heterocycles. The van der Waals surface area contributed by atoms with Crippen LogP contribution in [0.5, 0.6) is 0 Å². The fraction of sp³-hybridized carbons (Fsp3) is 0.227. The molecule has 2 amide bonds. The van der Waals surface area contributed by atoms with Gasteiger partial charge in [0.2, 0.25) is 0 Å². The summed E-state index contributed by atoms with van der Waals surface area (Å²) in [6.07, 6.45) is 1.90. The molecule has 2 aliphatic rings. The summed E-state index contributed by atoms with van der Waals surface area (Å²) in [6, 6.07) is 14.8. The summed E-state index contributed by atoms with van der Waals surface area (Å²) in [5.41, 5.74) is 2.85. The Labute approximate surface area is 179 Å². The van der Waals surface area contributed by atoms with Crippen LogP contribution in [0.25, 0.3) is 5.57 Å². The molecule has 4 rings (SSSR count). The van der Waals surface area contributed by atoms with E-state index in [0.717, 1.165) is 24.1 Å². The van der Waals surface area contributed by atoms with E-state index in [1.807, 2.05) is 24.3 Å². The number of para-hydroxylation sites is 1. The summed E-state index contributed by atoms with van der Waals surface area (Å²) in [5, 5.41) is 1.16. The van der Waals surface area contributed by atoms with Crippen LogP contribution in [-0.4, -0.2) is 35.5 Å². The Kier molecular flexibility index (Phi) is 5.48. The van der Waals surface area contributed by atoms with Crippen molar-refractivity contribution < 1.29 is 9.59 Å². The molecule has 0 saturated carbocycles. The zero-order valence-electron chi connectivity index (χ0n) is 16.2. The Balaban J connectivity index is 1.75. The van der Waals surface area contributed by atoms with Crippen LogP contribution in [0.3, 0.4) is 0 Å². The van der Waals surface area contributed by atoms with E-state index in [1.54, 1.807) is 36.2 Å². The highest BCUT2D eigenvalue weighted by molar-refractivity contribution is 8.18. The summed E-state index contributed by atoms with van der Waals surface area (Å²) in [7, 11) is 1.68. The number of fused-ring (bicyclic) bond motifs is 1. The lowest BCUT2D eigenvalue weighted by molar-refractivity contribution is -0.121. The number of anilines is 1. The third-order valence-corrected chi connectivity index (χ3v) is 6.30. The van der Waals surface area contributed by atoms with Gasteiger partial charge in [-0.05, 0) is 48.5 Å². The third-order valence-electron chi connectivity index (χ3n) is 4.92. The quantitative estimate of drug-likeness (QED) is 0.641. The first kappa shape index (κ1) is 19.7. The van der Waals surface area contributed by atoms with E-state index < -0.39 is 0 Å². The van der Waals surface area contributed by atoms with E-state index in [0.29, 0.717) is 32.9 Å². The average Bonchev–Trinajstić information content (AvgIpc) is 3.15. The summed E-state index contributed by atoms with van der Waals surface area (Å²) in [6.45, 7) is 2.74. The number of benzene rings is 2. The number of thioether (sulfide) groups is 1. The maximum Gasteiger partial charge on any atom is 0.267 e. The molecular formula is C22H20ClN3O2S. The molecule has 0 aliphatic carbocycles. The standard InChI is InChI=1S/C22H20ClN3O2S/c1-3-4-13-26-17-8-6-5-7-16(17)18(20(26)27)19-21(28)25(2)22(29-19)24-15-11-9-14(23)10-12-15/h5-12H,3-4,13H2,1-2H3/b19-18-,24-22?. The number of halogens is 1. The Morgan fingerprint density at radius 1 is 1.03 bits per heavy atom. The van der Waals surface area contributed by atoms with Crippen molar-refractivity contribution in [1.29, 1.82) is 0 Å². The highest BCUT2D eigenvalue weighted by Gasteiger charge is 2.41. The first-order valence-electron chi connectivity index (χ1n) is 9.47. The highest BCUT2D eigenvalue weighted by Crippen LogP contribution is 2.44. The molecule has 5 nitrogen and oxygen atoms in total. The number of hydrogen-bond donors (Lipinski definition) is 0. The first-order chi connectivity index (χ1) is 14.0. The van der Waals surface area contributed by atoms with Gasteiger partial charge in [0, 0.05) is 24.2 Å². The van der Waals surface area contributed by atoms with Crippen LogP contribution in [0.2, 0.25) is 5.02 Å². The second-order valence-corrected chi connectivity index (χ2v) is 8.28. The van der Waals surface area contributed by atoms with Crippen molar-refractivity contribution in [3.05, 3.63) is 64.0 Å². The zero-order chi connectivity index (χ0) is 20.5. The number of amidine groups is 1. The number of carbonyl (C=O) groups excluding carboxylic acids is 2. The summed E-state index contributed by atoms with van der Waals surface area (Å²) < 4.78 is 0. The van der Waals surface area contributed by atoms with Gasteiger partial charge >= 0.3 is 0 Å². The molecule has 1 fully saturated rings. The maximum absolute atomic E-state index is 13.2. The van der Waals surface area contributed by atoms with Crippen molar-refractivity contribution in [2.45, 2.75) is 19.8 Å². The summed E-state index contributed by atoms with van der Waals surface area (Å²) in [4.78, 5) is 34.5. The van der Waals surface area contributed by atoms with Crippen molar-refractivity contribution in [1.82, 2.24) is 4.90 Å². The van der Waals surface area contributed by atoms with Gasteiger partial charge in [0.25, 0.3) is 11.8 Å². The van der Waals surface area contributed by atoms with Gasteiger partial charge in [-0.1, -0.05) is 43.1 Å². The minimum atomic E-state index is -0.210. The van der Waals surface area contributed by atoms with E-state index in [2.05, 4.69) is 11.9 Å². The molecule has 7 heteroatoms. The van der Waals surface area contributed by atoms with Crippen LogP contribution >= 0.6 is 23.4 Å². The lowest BCUT2D eigenvalue weighted by Crippen LogP contribution is -2.28. The molecule has 148 valence electrons. The molecule has 0 unspecified atom stereocenters. The number of amides is 2. The van der Waals surface area contributed by atoms with Gasteiger partial charge in [-0.15, -0.1) is 0 Å². The van der Waals surface area contributed by atoms with Crippen LogP contribution in [0.4, 0.5) is 11.4 Å². The van der Waals surface area contributed by atoms with E-state index in [-0.39, 0.29) is 11.8 Å².